The van der Waals surface area contributed by atoms with E-state index in [9.17, 15) is 13.6 Å². The molecular weight excluding hydrogens is 266 g/mol. The molecule has 0 aromatic heterocycles. The summed E-state index contributed by atoms with van der Waals surface area (Å²) in [4.78, 5) is 11.4. The van der Waals surface area contributed by atoms with E-state index in [0.717, 1.165) is 0 Å². The van der Waals surface area contributed by atoms with Crippen LogP contribution in [0.25, 0.3) is 0 Å². The van der Waals surface area contributed by atoms with Gasteiger partial charge in [-0.3, -0.25) is 0 Å². The van der Waals surface area contributed by atoms with E-state index < -0.39 is 11.6 Å². The van der Waals surface area contributed by atoms with Crippen LogP contribution < -0.4 is 10.6 Å². The van der Waals surface area contributed by atoms with Crippen LogP contribution in [0.4, 0.5) is 13.6 Å². The molecule has 0 heterocycles. The minimum atomic E-state index is -0.608. The van der Waals surface area contributed by atoms with Crippen LogP contribution in [0.3, 0.4) is 0 Å². The third-order valence-electron chi connectivity index (χ3n) is 2.96. The predicted molar refractivity (Wildman–Crippen MR) is 72.3 cm³/mol. The van der Waals surface area contributed by atoms with Gasteiger partial charge in [-0.1, -0.05) is 13.0 Å². The van der Waals surface area contributed by atoms with Crippen LogP contribution >= 0.6 is 0 Å². The van der Waals surface area contributed by atoms with Gasteiger partial charge >= 0.3 is 6.03 Å². The molecule has 4 nitrogen and oxygen atoms in total. The fraction of sp³-hybridized carbons (Fsp3) is 0.500. The Morgan fingerprint density at radius 3 is 2.55 bits per heavy atom. The molecule has 0 bridgehead atoms. The highest BCUT2D eigenvalue weighted by molar-refractivity contribution is 5.73. The molecule has 0 fully saturated rings. The molecule has 0 aliphatic carbocycles. The molecule has 0 spiro atoms. The fourth-order valence-corrected chi connectivity index (χ4v) is 1.72. The molecule has 1 rings (SSSR count). The van der Waals surface area contributed by atoms with Crippen LogP contribution in [-0.4, -0.2) is 30.8 Å². The highest BCUT2D eigenvalue weighted by Crippen LogP contribution is 2.11. The van der Waals surface area contributed by atoms with E-state index in [0.29, 0.717) is 13.0 Å². The molecule has 6 heteroatoms. The van der Waals surface area contributed by atoms with Crippen LogP contribution in [0.15, 0.2) is 18.2 Å². The van der Waals surface area contributed by atoms with Crippen molar-refractivity contribution in [2.75, 3.05) is 19.7 Å². The average Bonchev–Trinajstić information content (AvgIpc) is 2.40. The first-order chi connectivity index (χ1) is 9.54. The van der Waals surface area contributed by atoms with Crippen LogP contribution in [-0.2, 0) is 6.42 Å². The zero-order chi connectivity index (χ0) is 15.0. The van der Waals surface area contributed by atoms with Gasteiger partial charge in [0.15, 0.2) is 0 Å². The summed E-state index contributed by atoms with van der Waals surface area (Å²) in [7, 11) is 0. The van der Waals surface area contributed by atoms with Crippen molar-refractivity contribution < 1.29 is 18.7 Å². The minimum absolute atomic E-state index is 0.0264. The van der Waals surface area contributed by atoms with Crippen molar-refractivity contribution >= 4 is 6.03 Å². The largest absolute Gasteiger partial charge is 0.396 e. The summed E-state index contributed by atoms with van der Waals surface area (Å²) in [6, 6.07) is 3.30. The smallest absolute Gasteiger partial charge is 0.314 e. The zero-order valence-corrected chi connectivity index (χ0v) is 11.5. The number of amides is 2. The number of aliphatic hydroxyl groups is 1. The highest BCUT2D eigenvalue weighted by atomic mass is 19.1. The van der Waals surface area contributed by atoms with Crippen molar-refractivity contribution in [3.8, 4) is 0 Å². The van der Waals surface area contributed by atoms with Crippen LogP contribution in [0.1, 0.15) is 18.9 Å². The molecule has 0 aliphatic rings. The summed E-state index contributed by atoms with van der Waals surface area (Å²) in [5, 5.41) is 13.9. The quantitative estimate of drug-likeness (QED) is 0.716. The van der Waals surface area contributed by atoms with Crippen molar-refractivity contribution in [3.05, 3.63) is 35.4 Å². The Morgan fingerprint density at radius 1 is 1.30 bits per heavy atom. The van der Waals surface area contributed by atoms with Gasteiger partial charge in [-0.15, -0.1) is 0 Å². The second-order valence-electron chi connectivity index (χ2n) is 4.70. The van der Waals surface area contributed by atoms with Gasteiger partial charge < -0.3 is 15.7 Å². The molecule has 0 saturated carbocycles. The normalized spacial score (nSPS) is 12.0. The summed E-state index contributed by atoms with van der Waals surface area (Å²) in [5.41, 5.74) is -0.0264. The molecule has 0 saturated heterocycles. The second-order valence-corrected chi connectivity index (χ2v) is 4.70. The van der Waals surface area contributed by atoms with Crippen molar-refractivity contribution in [1.82, 2.24) is 10.6 Å². The van der Waals surface area contributed by atoms with Crippen molar-refractivity contribution in [1.29, 1.82) is 0 Å². The molecule has 20 heavy (non-hydrogen) atoms. The van der Waals surface area contributed by atoms with E-state index in [-0.39, 0.29) is 37.1 Å². The van der Waals surface area contributed by atoms with Crippen molar-refractivity contribution in [2.45, 2.75) is 19.8 Å². The SMILES string of the molecule is CC(CCO)CNC(=O)NCCc1c(F)cccc1F. The van der Waals surface area contributed by atoms with E-state index in [2.05, 4.69) is 10.6 Å². The third kappa shape index (κ3) is 5.52. The number of urea groups is 1. The Balaban J connectivity index is 2.28. The van der Waals surface area contributed by atoms with Gasteiger partial charge in [0.1, 0.15) is 11.6 Å². The number of hydrogen-bond donors (Lipinski definition) is 3. The number of carbonyl (C=O) groups excluding carboxylic acids is 1. The van der Waals surface area contributed by atoms with Crippen LogP contribution in [0.5, 0.6) is 0 Å². The molecule has 2 amide bonds. The number of rotatable bonds is 7. The fourth-order valence-electron chi connectivity index (χ4n) is 1.72. The predicted octanol–water partition coefficient (Wildman–Crippen LogP) is 1.82. The van der Waals surface area contributed by atoms with Gasteiger partial charge in [-0.25, -0.2) is 13.6 Å². The Hall–Kier alpha value is -1.69. The summed E-state index contributed by atoms with van der Waals surface area (Å²) in [5.74, 6) is -1.04. The Morgan fingerprint density at radius 2 is 1.95 bits per heavy atom. The van der Waals surface area contributed by atoms with Crippen molar-refractivity contribution in [3.63, 3.8) is 0 Å². The summed E-state index contributed by atoms with van der Waals surface area (Å²) < 4.78 is 26.6. The topological polar surface area (TPSA) is 61.4 Å². The zero-order valence-electron chi connectivity index (χ0n) is 11.5. The van der Waals surface area contributed by atoms with Gasteiger partial charge in [0.2, 0.25) is 0 Å². The standard InChI is InChI=1S/C14H20F2N2O2/c1-10(6-8-19)9-18-14(20)17-7-5-11-12(15)3-2-4-13(11)16/h2-4,10,19H,5-9H2,1H3,(H2,17,18,20). The summed E-state index contributed by atoms with van der Waals surface area (Å²) >= 11 is 0. The molecule has 0 aliphatic heterocycles. The first-order valence-electron chi connectivity index (χ1n) is 6.60. The van der Waals surface area contributed by atoms with E-state index in [1.807, 2.05) is 6.92 Å². The lowest BCUT2D eigenvalue weighted by atomic mass is 10.1. The lowest BCUT2D eigenvalue weighted by Gasteiger charge is -2.12. The molecule has 1 aromatic rings. The molecule has 3 N–H and O–H groups in total. The van der Waals surface area contributed by atoms with E-state index >= 15 is 0 Å². The van der Waals surface area contributed by atoms with Gasteiger partial charge in [0.25, 0.3) is 0 Å². The van der Waals surface area contributed by atoms with Gasteiger partial charge in [0.05, 0.1) is 0 Å². The first-order valence-corrected chi connectivity index (χ1v) is 6.60. The molecular formula is C14H20F2N2O2. The maximum atomic E-state index is 13.3. The lowest BCUT2D eigenvalue weighted by Crippen LogP contribution is -2.39. The first kappa shape index (κ1) is 16.4. The van der Waals surface area contributed by atoms with E-state index in [1.165, 1.54) is 18.2 Å². The number of hydrogen-bond acceptors (Lipinski definition) is 2. The molecule has 1 atom stereocenters. The molecule has 1 aromatic carbocycles. The summed E-state index contributed by atoms with van der Waals surface area (Å²) in [6.45, 7) is 2.58. The third-order valence-corrected chi connectivity index (χ3v) is 2.96. The molecule has 112 valence electrons. The maximum Gasteiger partial charge on any atom is 0.314 e. The highest BCUT2D eigenvalue weighted by Gasteiger charge is 2.09. The second kappa shape index (κ2) is 8.47. The van der Waals surface area contributed by atoms with Crippen LogP contribution in [0, 0.1) is 17.6 Å². The Labute approximate surface area is 117 Å². The number of benzene rings is 1. The van der Waals surface area contributed by atoms with Gasteiger partial charge in [0, 0.05) is 25.3 Å². The Kier molecular flexibility index (Phi) is 6.93. The summed E-state index contributed by atoms with van der Waals surface area (Å²) in [6.07, 6.45) is 0.707. The maximum absolute atomic E-state index is 13.3. The number of nitrogens with one attached hydrogen (secondary N) is 2. The average molecular weight is 286 g/mol. The number of aliphatic hydroxyl groups excluding tert-OH is 1. The van der Waals surface area contributed by atoms with Gasteiger partial charge in [-0.2, -0.15) is 0 Å². The molecule has 0 radical (unpaired) electrons. The van der Waals surface area contributed by atoms with E-state index in [4.69, 9.17) is 5.11 Å². The lowest BCUT2D eigenvalue weighted by molar-refractivity contribution is 0.234. The minimum Gasteiger partial charge on any atom is -0.396 e. The number of halogens is 2. The van der Waals surface area contributed by atoms with Crippen LogP contribution in [0.2, 0.25) is 0 Å². The van der Waals surface area contributed by atoms with Gasteiger partial charge in [-0.05, 0) is 30.9 Å². The van der Waals surface area contributed by atoms with E-state index in [1.54, 1.807) is 0 Å². The molecule has 1 unspecified atom stereocenters. The van der Waals surface area contributed by atoms with Crippen molar-refractivity contribution in [2.24, 2.45) is 5.92 Å². The number of carbonyl (C=O) groups is 1. The monoisotopic (exact) mass is 286 g/mol. The Bertz CT molecular complexity index is 421.